The number of ketones is 1. The quantitative estimate of drug-likeness (QED) is 0.693. The molecule has 2 aliphatic carbocycles. The van der Waals surface area contributed by atoms with Crippen LogP contribution in [0.4, 0.5) is 8.78 Å². The highest BCUT2D eigenvalue weighted by atomic mass is 19.2. The predicted octanol–water partition coefficient (Wildman–Crippen LogP) is 5.23. The van der Waals surface area contributed by atoms with Crippen LogP contribution >= 0.6 is 0 Å². The Morgan fingerprint density at radius 3 is 2.27 bits per heavy atom. The van der Waals surface area contributed by atoms with Gasteiger partial charge in [0, 0.05) is 6.42 Å². The monoisotopic (exact) mass is 364 g/mol. The maximum Gasteiger partial charge on any atom is 0.204 e. The summed E-state index contributed by atoms with van der Waals surface area (Å²) in [5.74, 6) is -1.06. The van der Waals surface area contributed by atoms with E-state index < -0.39 is 11.6 Å². The average Bonchev–Trinajstić information content (AvgIpc) is 2.65. The van der Waals surface area contributed by atoms with Gasteiger partial charge in [-0.15, -0.1) is 0 Å². The van der Waals surface area contributed by atoms with Gasteiger partial charge in [-0.25, -0.2) is 0 Å². The van der Waals surface area contributed by atoms with Gasteiger partial charge in [-0.05, 0) is 75.5 Å². The van der Waals surface area contributed by atoms with Gasteiger partial charge in [0.05, 0.1) is 13.2 Å². The fraction of sp³-hybridized carbons (Fsp3) is 0.571. The molecule has 3 nitrogen and oxygen atoms in total. The molecular formula is C21H26F2O3. The van der Waals surface area contributed by atoms with Crippen molar-refractivity contribution >= 4 is 5.78 Å². The topological polar surface area (TPSA) is 35.5 Å². The van der Waals surface area contributed by atoms with Crippen LogP contribution in [0, 0.1) is 23.5 Å². The standard InChI is InChI=1S/C21H26F2O3/c1-2-25-18-10-11-19(21(23)20(18)22)26-13-14-6-8-15(9-7-14)16-4-3-5-17(24)12-16/h10-12,14-15H,2-9,13H2,1H3/t14-,15-. The van der Waals surface area contributed by atoms with Crippen LogP contribution in [0.3, 0.4) is 0 Å². The number of allylic oxidation sites excluding steroid dienone is 2. The summed E-state index contributed by atoms with van der Waals surface area (Å²) in [5, 5.41) is 0. The molecule has 0 spiro atoms. The highest BCUT2D eigenvalue weighted by Crippen LogP contribution is 2.37. The molecule has 1 aromatic carbocycles. The Kier molecular flexibility index (Phi) is 6.28. The van der Waals surface area contributed by atoms with Gasteiger partial charge in [-0.3, -0.25) is 4.79 Å². The molecule has 0 saturated heterocycles. The zero-order valence-corrected chi connectivity index (χ0v) is 15.2. The molecule has 0 amide bonds. The van der Waals surface area contributed by atoms with Crippen molar-refractivity contribution in [1.29, 1.82) is 0 Å². The minimum absolute atomic E-state index is 0.0614. The minimum Gasteiger partial charge on any atom is -0.491 e. The zero-order chi connectivity index (χ0) is 18.5. The van der Waals surface area contributed by atoms with Crippen LogP contribution in [0.15, 0.2) is 23.8 Å². The van der Waals surface area contributed by atoms with Crippen molar-refractivity contribution < 1.29 is 23.0 Å². The van der Waals surface area contributed by atoms with E-state index in [4.69, 9.17) is 9.47 Å². The van der Waals surface area contributed by atoms with Crippen molar-refractivity contribution in [2.45, 2.75) is 51.9 Å². The minimum atomic E-state index is -0.998. The molecule has 0 radical (unpaired) electrons. The highest BCUT2D eigenvalue weighted by molar-refractivity contribution is 5.91. The Bertz CT molecular complexity index is 676. The van der Waals surface area contributed by atoms with Crippen LogP contribution in [-0.2, 0) is 4.79 Å². The van der Waals surface area contributed by atoms with Gasteiger partial charge in [0.15, 0.2) is 17.3 Å². The first kappa shape index (κ1) is 18.9. The van der Waals surface area contributed by atoms with E-state index in [9.17, 15) is 13.6 Å². The molecule has 0 N–H and O–H groups in total. The number of ether oxygens (including phenoxy) is 2. The molecule has 142 valence electrons. The second-order valence-electron chi connectivity index (χ2n) is 7.19. The van der Waals surface area contributed by atoms with Crippen LogP contribution in [0.5, 0.6) is 11.5 Å². The van der Waals surface area contributed by atoms with Crippen molar-refractivity contribution in [2.75, 3.05) is 13.2 Å². The molecule has 2 aliphatic rings. The average molecular weight is 364 g/mol. The van der Waals surface area contributed by atoms with E-state index in [1.54, 1.807) is 6.92 Å². The van der Waals surface area contributed by atoms with Crippen LogP contribution in [0.25, 0.3) is 0 Å². The van der Waals surface area contributed by atoms with Gasteiger partial charge >= 0.3 is 0 Å². The maximum absolute atomic E-state index is 14.1. The van der Waals surface area contributed by atoms with Crippen molar-refractivity contribution in [1.82, 2.24) is 0 Å². The van der Waals surface area contributed by atoms with E-state index in [2.05, 4.69) is 0 Å². The lowest BCUT2D eigenvalue weighted by atomic mass is 9.76. The van der Waals surface area contributed by atoms with Crippen LogP contribution in [0.1, 0.15) is 51.9 Å². The van der Waals surface area contributed by atoms with Crippen LogP contribution in [0.2, 0.25) is 0 Å². The number of halogens is 2. The number of benzene rings is 1. The largest absolute Gasteiger partial charge is 0.491 e. The van der Waals surface area contributed by atoms with E-state index in [1.807, 2.05) is 6.08 Å². The van der Waals surface area contributed by atoms with Gasteiger partial charge in [0.2, 0.25) is 11.6 Å². The number of hydrogen-bond donors (Lipinski definition) is 0. The van der Waals surface area contributed by atoms with E-state index in [-0.39, 0.29) is 23.9 Å². The van der Waals surface area contributed by atoms with Gasteiger partial charge in [0.1, 0.15) is 0 Å². The number of carbonyl (C=O) groups is 1. The van der Waals surface area contributed by atoms with Gasteiger partial charge in [-0.2, -0.15) is 8.78 Å². The number of hydrogen-bond acceptors (Lipinski definition) is 3. The Morgan fingerprint density at radius 2 is 1.65 bits per heavy atom. The molecule has 5 heteroatoms. The predicted molar refractivity (Wildman–Crippen MR) is 95.4 cm³/mol. The van der Waals surface area contributed by atoms with Gasteiger partial charge in [-0.1, -0.05) is 5.57 Å². The fourth-order valence-electron chi connectivity index (χ4n) is 3.94. The van der Waals surface area contributed by atoms with E-state index in [1.165, 1.54) is 17.7 Å². The summed E-state index contributed by atoms with van der Waals surface area (Å²) >= 11 is 0. The number of rotatable bonds is 6. The van der Waals surface area contributed by atoms with Gasteiger partial charge < -0.3 is 9.47 Å². The Balaban J connectivity index is 1.51. The summed E-state index contributed by atoms with van der Waals surface area (Å²) in [6.07, 6.45) is 8.57. The molecule has 0 unspecified atom stereocenters. The lowest BCUT2D eigenvalue weighted by Crippen LogP contribution is -2.22. The summed E-state index contributed by atoms with van der Waals surface area (Å²) in [6.45, 7) is 2.38. The Hall–Kier alpha value is -1.91. The third kappa shape index (κ3) is 4.43. The van der Waals surface area contributed by atoms with Gasteiger partial charge in [0.25, 0.3) is 0 Å². The molecule has 0 atom stereocenters. The molecular weight excluding hydrogens is 338 g/mol. The van der Waals surface area contributed by atoms with Crippen LogP contribution in [-0.4, -0.2) is 19.0 Å². The third-order valence-electron chi connectivity index (χ3n) is 5.39. The molecule has 0 heterocycles. The molecule has 0 aromatic heterocycles. The first-order chi connectivity index (χ1) is 12.6. The zero-order valence-electron chi connectivity index (χ0n) is 15.2. The SMILES string of the molecule is CCOc1ccc(OC[C@H]2CC[C@H](C3=CC(=O)CCC3)CC2)c(F)c1F. The van der Waals surface area contributed by atoms with E-state index in [0.717, 1.165) is 38.5 Å². The normalized spacial score (nSPS) is 23.5. The van der Waals surface area contributed by atoms with E-state index >= 15 is 0 Å². The van der Waals surface area contributed by atoms with Crippen LogP contribution < -0.4 is 9.47 Å². The second-order valence-corrected chi connectivity index (χ2v) is 7.19. The summed E-state index contributed by atoms with van der Waals surface area (Å²) in [6, 6.07) is 2.83. The Morgan fingerprint density at radius 1 is 1.00 bits per heavy atom. The Labute approximate surface area is 153 Å². The lowest BCUT2D eigenvalue weighted by molar-refractivity contribution is -0.115. The molecule has 3 rings (SSSR count). The smallest absolute Gasteiger partial charge is 0.204 e. The molecule has 1 fully saturated rings. The lowest BCUT2D eigenvalue weighted by Gasteiger charge is -2.31. The summed E-state index contributed by atoms with van der Waals surface area (Å²) in [7, 11) is 0. The molecule has 1 aromatic rings. The van der Waals surface area contributed by atoms with Crippen molar-refractivity contribution in [2.24, 2.45) is 11.8 Å². The second kappa shape index (κ2) is 8.65. The summed E-state index contributed by atoms with van der Waals surface area (Å²) < 4.78 is 38.5. The molecule has 0 bridgehead atoms. The summed E-state index contributed by atoms with van der Waals surface area (Å²) in [4.78, 5) is 11.6. The van der Waals surface area contributed by atoms with Crippen molar-refractivity contribution in [3.8, 4) is 11.5 Å². The molecule has 26 heavy (non-hydrogen) atoms. The third-order valence-corrected chi connectivity index (χ3v) is 5.39. The number of carbonyl (C=O) groups excluding carboxylic acids is 1. The van der Waals surface area contributed by atoms with Crippen molar-refractivity contribution in [3.63, 3.8) is 0 Å². The highest BCUT2D eigenvalue weighted by Gasteiger charge is 2.26. The first-order valence-corrected chi connectivity index (χ1v) is 9.55. The summed E-state index contributed by atoms with van der Waals surface area (Å²) in [5.41, 5.74) is 1.31. The van der Waals surface area contributed by atoms with E-state index in [0.29, 0.717) is 24.9 Å². The fourth-order valence-corrected chi connectivity index (χ4v) is 3.94. The van der Waals surface area contributed by atoms with Crippen molar-refractivity contribution in [3.05, 3.63) is 35.4 Å². The molecule has 1 saturated carbocycles. The molecule has 0 aliphatic heterocycles. The maximum atomic E-state index is 14.1. The first-order valence-electron chi connectivity index (χ1n) is 9.55.